The minimum Gasteiger partial charge on any atom is -0.382 e. The normalized spacial score (nSPS) is 10.5. The van der Waals surface area contributed by atoms with Gasteiger partial charge in [-0.25, -0.2) is 5.48 Å². The molecule has 0 unspecified atom stereocenters. The maximum absolute atomic E-state index is 11.3. The van der Waals surface area contributed by atoms with E-state index in [1.54, 1.807) is 18.4 Å². The van der Waals surface area contributed by atoms with Gasteiger partial charge in [0.1, 0.15) is 0 Å². The molecule has 0 atom stereocenters. The van der Waals surface area contributed by atoms with E-state index in [0.717, 1.165) is 16.6 Å². The first kappa shape index (κ1) is 14.6. The number of thiophene rings is 1. The van der Waals surface area contributed by atoms with E-state index < -0.39 is 0 Å². The van der Waals surface area contributed by atoms with Gasteiger partial charge >= 0.3 is 0 Å². The van der Waals surface area contributed by atoms with Crippen LogP contribution >= 0.6 is 27.3 Å². The fraction of sp³-hybridized carbons (Fsp3) is 0.545. The number of nitrogens with one attached hydrogen (secondary N) is 1. The third-order valence-electron chi connectivity index (χ3n) is 2.03. The van der Waals surface area contributed by atoms with Crippen LogP contribution < -0.4 is 5.48 Å². The first-order valence-electron chi connectivity index (χ1n) is 5.36. The van der Waals surface area contributed by atoms with E-state index in [9.17, 15) is 4.79 Å². The molecule has 1 amide bonds. The van der Waals surface area contributed by atoms with Gasteiger partial charge in [-0.15, -0.1) is 11.3 Å². The van der Waals surface area contributed by atoms with Crippen molar-refractivity contribution >= 4 is 33.2 Å². The highest BCUT2D eigenvalue weighted by Crippen LogP contribution is 2.23. The molecule has 0 bridgehead atoms. The van der Waals surface area contributed by atoms with Gasteiger partial charge in [0.15, 0.2) is 0 Å². The lowest BCUT2D eigenvalue weighted by Gasteiger charge is -2.04. The van der Waals surface area contributed by atoms with Crippen LogP contribution in [0.2, 0.25) is 0 Å². The fourth-order valence-electron chi connectivity index (χ4n) is 1.22. The Morgan fingerprint density at radius 1 is 1.47 bits per heavy atom. The highest BCUT2D eigenvalue weighted by atomic mass is 79.9. The molecule has 4 nitrogen and oxygen atoms in total. The number of rotatable bonds is 8. The second kappa shape index (κ2) is 8.63. The molecule has 1 aromatic rings. The Hall–Kier alpha value is -0.430. The van der Waals surface area contributed by atoms with Crippen LogP contribution in [0.1, 0.15) is 17.7 Å². The third-order valence-corrected chi connectivity index (χ3v) is 3.71. The Bertz CT molecular complexity index is 343. The average molecular weight is 322 g/mol. The number of halogens is 1. The number of carbonyl (C=O) groups is 1. The maximum Gasteiger partial charge on any atom is 0.243 e. The van der Waals surface area contributed by atoms with Crippen molar-refractivity contribution < 1.29 is 14.4 Å². The van der Waals surface area contributed by atoms with Crippen LogP contribution in [-0.2, 0) is 20.8 Å². The molecule has 0 fully saturated rings. The van der Waals surface area contributed by atoms with Crippen molar-refractivity contribution in [2.75, 3.05) is 20.3 Å². The van der Waals surface area contributed by atoms with E-state index in [1.165, 1.54) is 4.88 Å². The van der Waals surface area contributed by atoms with Crippen molar-refractivity contribution in [3.8, 4) is 0 Å². The summed E-state index contributed by atoms with van der Waals surface area (Å²) >= 11 is 5.11. The smallest absolute Gasteiger partial charge is 0.243 e. The first-order valence-corrected chi connectivity index (χ1v) is 6.97. The van der Waals surface area contributed by atoms with Crippen LogP contribution in [0, 0.1) is 0 Å². The first-order chi connectivity index (χ1) is 8.22. The van der Waals surface area contributed by atoms with Crippen LogP contribution in [0.25, 0.3) is 0 Å². The molecule has 96 valence electrons. The van der Waals surface area contributed by atoms with Crippen molar-refractivity contribution in [1.82, 2.24) is 5.48 Å². The number of hydrogen-bond acceptors (Lipinski definition) is 4. The van der Waals surface area contributed by atoms with Gasteiger partial charge in [0.05, 0.1) is 17.0 Å². The highest BCUT2D eigenvalue weighted by Gasteiger charge is 2.03. The third kappa shape index (κ3) is 6.78. The van der Waals surface area contributed by atoms with Crippen molar-refractivity contribution in [3.05, 3.63) is 20.8 Å². The number of ether oxygens (including phenoxy) is 1. The van der Waals surface area contributed by atoms with Crippen molar-refractivity contribution in [2.24, 2.45) is 0 Å². The summed E-state index contributed by atoms with van der Waals surface area (Å²) in [6, 6.07) is 4.09. The topological polar surface area (TPSA) is 47.6 Å². The lowest BCUT2D eigenvalue weighted by molar-refractivity contribution is -0.134. The molecule has 0 aliphatic carbocycles. The van der Waals surface area contributed by atoms with Gasteiger partial charge in [0.25, 0.3) is 0 Å². The molecule has 0 aliphatic heterocycles. The van der Waals surface area contributed by atoms with Crippen molar-refractivity contribution in [2.45, 2.75) is 19.3 Å². The number of hydrogen-bond donors (Lipinski definition) is 1. The quantitative estimate of drug-likeness (QED) is 0.591. The van der Waals surface area contributed by atoms with Crippen molar-refractivity contribution in [3.63, 3.8) is 0 Å². The highest BCUT2D eigenvalue weighted by molar-refractivity contribution is 9.11. The molecule has 0 saturated carbocycles. The van der Waals surface area contributed by atoms with Crippen LogP contribution in [0.3, 0.4) is 0 Å². The van der Waals surface area contributed by atoms with E-state index in [-0.39, 0.29) is 5.91 Å². The Labute approximate surface area is 113 Å². The van der Waals surface area contributed by atoms with Crippen molar-refractivity contribution in [1.29, 1.82) is 0 Å². The molecule has 0 aromatic carbocycles. The maximum atomic E-state index is 11.3. The van der Waals surface area contributed by atoms with Gasteiger partial charge in [-0.05, 0) is 40.9 Å². The minimum absolute atomic E-state index is 0.0864. The predicted molar refractivity (Wildman–Crippen MR) is 70.9 cm³/mol. The summed E-state index contributed by atoms with van der Waals surface area (Å²) in [6.07, 6.45) is 2.22. The number of carbonyl (C=O) groups excluding carboxylic acids is 1. The molecule has 1 aromatic heterocycles. The van der Waals surface area contributed by atoms with Crippen LogP contribution in [0.5, 0.6) is 0 Å². The minimum atomic E-state index is -0.0864. The zero-order chi connectivity index (χ0) is 12.5. The molecule has 0 saturated heterocycles. The van der Waals surface area contributed by atoms with Gasteiger partial charge in [0.2, 0.25) is 5.91 Å². The van der Waals surface area contributed by atoms with E-state index in [4.69, 9.17) is 9.57 Å². The Morgan fingerprint density at radius 3 is 2.94 bits per heavy atom. The van der Waals surface area contributed by atoms with Gasteiger partial charge < -0.3 is 4.74 Å². The van der Waals surface area contributed by atoms with E-state index in [2.05, 4.69) is 27.5 Å². The zero-order valence-electron chi connectivity index (χ0n) is 9.70. The van der Waals surface area contributed by atoms with Gasteiger partial charge in [-0.3, -0.25) is 9.63 Å². The molecule has 6 heteroatoms. The number of aryl methyl sites for hydroxylation is 1. The molecule has 1 rings (SSSR count). The molecule has 1 heterocycles. The Balaban J connectivity index is 2.04. The second-order valence-corrected chi connectivity index (χ2v) is 5.97. The molecule has 17 heavy (non-hydrogen) atoms. The summed E-state index contributed by atoms with van der Waals surface area (Å²) < 4.78 is 5.91. The Morgan fingerprint density at radius 2 is 2.29 bits per heavy atom. The van der Waals surface area contributed by atoms with Crippen LogP contribution in [0.15, 0.2) is 15.9 Å². The number of amides is 1. The average Bonchev–Trinajstić information content (AvgIpc) is 2.71. The second-order valence-electron chi connectivity index (χ2n) is 3.43. The summed E-state index contributed by atoms with van der Waals surface area (Å²) in [6.45, 7) is 0.851. The number of methoxy groups -OCH3 is 1. The SMILES string of the molecule is COCCONC(=O)CCCc1ccc(Br)s1. The summed E-state index contributed by atoms with van der Waals surface area (Å²) in [4.78, 5) is 17.5. The van der Waals surface area contributed by atoms with Gasteiger partial charge in [0, 0.05) is 18.4 Å². The molecular formula is C11H16BrNO3S. The van der Waals surface area contributed by atoms with E-state index in [0.29, 0.717) is 19.6 Å². The molecule has 0 radical (unpaired) electrons. The summed E-state index contributed by atoms with van der Waals surface area (Å²) in [5, 5.41) is 0. The van der Waals surface area contributed by atoms with Gasteiger partial charge in [-0.2, -0.15) is 0 Å². The Kier molecular flexibility index (Phi) is 7.43. The van der Waals surface area contributed by atoms with Crippen LogP contribution in [0.4, 0.5) is 0 Å². The zero-order valence-corrected chi connectivity index (χ0v) is 12.1. The summed E-state index contributed by atoms with van der Waals surface area (Å²) in [5.74, 6) is -0.0864. The van der Waals surface area contributed by atoms with E-state index in [1.807, 2.05) is 6.07 Å². The predicted octanol–water partition coefficient (Wildman–Crippen LogP) is 2.53. The largest absolute Gasteiger partial charge is 0.382 e. The standard InChI is InChI=1S/C11H16BrNO3S/c1-15-7-8-16-13-11(14)4-2-3-9-5-6-10(12)17-9/h5-6H,2-4,7-8H2,1H3,(H,13,14). The fourth-order valence-corrected chi connectivity index (χ4v) is 2.74. The molecule has 0 spiro atoms. The van der Waals surface area contributed by atoms with E-state index >= 15 is 0 Å². The van der Waals surface area contributed by atoms with Gasteiger partial charge in [-0.1, -0.05) is 0 Å². The summed E-state index contributed by atoms with van der Waals surface area (Å²) in [5.41, 5.74) is 2.38. The lowest BCUT2D eigenvalue weighted by Crippen LogP contribution is -2.25. The molecule has 0 aliphatic rings. The summed E-state index contributed by atoms with van der Waals surface area (Å²) in [7, 11) is 1.59. The van der Waals surface area contributed by atoms with Crippen LogP contribution in [-0.4, -0.2) is 26.2 Å². The lowest BCUT2D eigenvalue weighted by atomic mass is 10.2. The monoisotopic (exact) mass is 321 g/mol. The number of hydroxylamine groups is 1. The molecular weight excluding hydrogens is 306 g/mol. The molecule has 1 N–H and O–H groups in total.